The highest BCUT2D eigenvalue weighted by molar-refractivity contribution is 5.95. The van der Waals surface area contributed by atoms with Crippen LogP contribution in [0, 0.1) is 13.8 Å². The summed E-state index contributed by atoms with van der Waals surface area (Å²) in [7, 11) is 0. The van der Waals surface area contributed by atoms with Crippen LogP contribution in [0.4, 0.5) is 0 Å². The molecule has 4 rings (SSSR count). The fourth-order valence-electron chi connectivity index (χ4n) is 4.18. The minimum absolute atomic E-state index is 0.183. The van der Waals surface area contributed by atoms with E-state index in [-0.39, 0.29) is 5.60 Å². The van der Waals surface area contributed by atoms with Crippen LogP contribution >= 0.6 is 0 Å². The summed E-state index contributed by atoms with van der Waals surface area (Å²) < 4.78 is 8.28. The van der Waals surface area contributed by atoms with Gasteiger partial charge in [-0.1, -0.05) is 48.5 Å². The quantitative estimate of drug-likeness (QED) is 0.351. The molecule has 4 aromatic rings. The minimum Gasteiger partial charge on any atom is -0.478 e. The van der Waals surface area contributed by atoms with Crippen LogP contribution in [-0.2, 0) is 17.9 Å². The lowest BCUT2D eigenvalue weighted by molar-refractivity contribution is -0.0147. The Morgan fingerprint density at radius 3 is 2.33 bits per heavy atom. The fraction of sp³-hybridized carbons (Fsp3) is 0.276. The zero-order valence-corrected chi connectivity index (χ0v) is 20.0. The second-order valence-electron chi connectivity index (χ2n) is 9.59. The maximum atomic E-state index is 11.4. The van der Waals surface area contributed by atoms with E-state index in [1.807, 2.05) is 6.07 Å². The topological polar surface area (TPSA) is 51.5 Å². The van der Waals surface area contributed by atoms with Crippen molar-refractivity contribution in [3.8, 4) is 11.1 Å². The van der Waals surface area contributed by atoms with E-state index in [1.54, 1.807) is 12.1 Å². The highest BCUT2D eigenvalue weighted by Crippen LogP contribution is 2.29. The number of aryl methyl sites for hydroxylation is 1. The first-order chi connectivity index (χ1) is 15.6. The van der Waals surface area contributed by atoms with Crippen LogP contribution in [0.3, 0.4) is 0 Å². The fourth-order valence-corrected chi connectivity index (χ4v) is 4.18. The number of carboxylic acids is 1. The maximum absolute atomic E-state index is 11.4. The van der Waals surface area contributed by atoms with Crippen LogP contribution in [0.2, 0.25) is 0 Å². The molecule has 0 aliphatic heterocycles. The van der Waals surface area contributed by atoms with E-state index in [0.717, 1.165) is 28.7 Å². The highest BCUT2D eigenvalue weighted by Gasteiger charge is 2.15. The molecular formula is C29H31NO3. The minimum atomic E-state index is -0.898. The molecule has 1 heterocycles. The van der Waals surface area contributed by atoms with Gasteiger partial charge in [-0.25, -0.2) is 4.79 Å². The molecule has 4 heteroatoms. The summed E-state index contributed by atoms with van der Waals surface area (Å²) >= 11 is 0. The Kier molecular flexibility index (Phi) is 6.13. The number of hydrogen-bond donors (Lipinski definition) is 1. The van der Waals surface area contributed by atoms with Crippen molar-refractivity contribution < 1.29 is 14.6 Å². The van der Waals surface area contributed by atoms with E-state index in [1.165, 1.54) is 22.3 Å². The van der Waals surface area contributed by atoms with Gasteiger partial charge in [-0.05, 0) is 80.6 Å². The van der Waals surface area contributed by atoms with Crippen LogP contribution < -0.4 is 0 Å². The van der Waals surface area contributed by atoms with Crippen molar-refractivity contribution >= 4 is 16.9 Å². The molecule has 4 nitrogen and oxygen atoms in total. The number of ether oxygens (including phenoxy) is 1. The Morgan fingerprint density at radius 1 is 0.970 bits per heavy atom. The normalized spacial score (nSPS) is 11.8. The summed E-state index contributed by atoms with van der Waals surface area (Å²) in [5, 5.41) is 10.3. The first kappa shape index (κ1) is 22.8. The molecule has 0 aliphatic carbocycles. The number of aromatic carboxylic acids is 1. The molecule has 0 fully saturated rings. The number of hydrogen-bond acceptors (Lipinski definition) is 2. The molecule has 1 N–H and O–H groups in total. The second-order valence-corrected chi connectivity index (χ2v) is 9.59. The summed E-state index contributed by atoms with van der Waals surface area (Å²) in [6, 6.07) is 22.4. The van der Waals surface area contributed by atoms with Gasteiger partial charge in [0, 0.05) is 23.1 Å². The Labute approximate surface area is 195 Å². The van der Waals surface area contributed by atoms with E-state index in [4.69, 9.17) is 4.74 Å². The largest absolute Gasteiger partial charge is 0.478 e. The number of nitrogens with zero attached hydrogens (tertiary/aromatic N) is 1. The molecule has 0 atom stereocenters. The van der Waals surface area contributed by atoms with Gasteiger partial charge in [0.05, 0.1) is 17.8 Å². The molecule has 0 unspecified atom stereocenters. The lowest BCUT2D eigenvalue weighted by Crippen LogP contribution is -2.18. The van der Waals surface area contributed by atoms with Gasteiger partial charge in [-0.15, -0.1) is 0 Å². The summed E-state index contributed by atoms with van der Waals surface area (Å²) in [5.41, 5.74) is 8.21. The lowest BCUT2D eigenvalue weighted by Gasteiger charge is -2.21. The number of aromatic nitrogens is 1. The van der Waals surface area contributed by atoms with Crippen molar-refractivity contribution in [3.63, 3.8) is 0 Å². The first-order valence-corrected chi connectivity index (χ1v) is 11.3. The molecule has 0 saturated heterocycles. The number of carboxylic acid groups (broad SMARTS) is 1. The zero-order chi connectivity index (χ0) is 23.8. The molecule has 0 saturated carbocycles. The Hall–Kier alpha value is -3.37. The van der Waals surface area contributed by atoms with Crippen LogP contribution in [0.25, 0.3) is 22.0 Å². The van der Waals surface area contributed by atoms with Crippen molar-refractivity contribution in [1.82, 2.24) is 4.57 Å². The van der Waals surface area contributed by atoms with Crippen molar-refractivity contribution in [3.05, 3.63) is 94.7 Å². The van der Waals surface area contributed by atoms with E-state index >= 15 is 0 Å². The maximum Gasteiger partial charge on any atom is 0.335 e. The Balaban J connectivity index is 1.62. The van der Waals surface area contributed by atoms with Gasteiger partial charge in [0.2, 0.25) is 0 Å². The number of benzene rings is 3. The SMILES string of the molecule is Cc1c(C)n(Cc2ccc(-c3ccccc3COC(C)(C)C)cc2)c2ccc(C(=O)O)cc12. The van der Waals surface area contributed by atoms with Crippen LogP contribution in [0.5, 0.6) is 0 Å². The third kappa shape index (κ3) is 4.86. The number of fused-ring (bicyclic) bond motifs is 1. The molecule has 0 spiro atoms. The molecule has 0 radical (unpaired) electrons. The van der Waals surface area contributed by atoms with Gasteiger partial charge in [0.25, 0.3) is 0 Å². The van der Waals surface area contributed by atoms with Gasteiger partial charge in [0.15, 0.2) is 0 Å². The standard InChI is InChI=1S/C29H31NO3/c1-19-20(2)30(27-15-14-23(28(31)32)16-26(19)27)17-21-10-12-22(13-11-21)25-9-7-6-8-24(25)18-33-29(3,4)5/h6-16H,17-18H2,1-5H3,(H,31,32). The molecule has 0 bridgehead atoms. The van der Waals surface area contributed by atoms with Crippen LogP contribution in [0.15, 0.2) is 66.7 Å². The lowest BCUT2D eigenvalue weighted by atomic mass is 9.99. The monoisotopic (exact) mass is 441 g/mol. The van der Waals surface area contributed by atoms with E-state index < -0.39 is 5.97 Å². The third-order valence-electron chi connectivity index (χ3n) is 6.17. The van der Waals surface area contributed by atoms with Crippen molar-refractivity contribution in [2.45, 2.75) is 53.4 Å². The van der Waals surface area contributed by atoms with Gasteiger partial charge in [-0.2, -0.15) is 0 Å². The molecule has 3 aromatic carbocycles. The van der Waals surface area contributed by atoms with E-state index in [9.17, 15) is 9.90 Å². The average Bonchev–Trinajstić information content (AvgIpc) is 3.02. The molecular weight excluding hydrogens is 410 g/mol. The number of carbonyl (C=O) groups is 1. The molecule has 1 aromatic heterocycles. The summed E-state index contributed by atoms with van der Waals surface area (Å²) in [5.74, 6) is -0.898. The van der Waals surface area contributed by atoms with Gasteiger partial charge in [0.1, 0.15) is 0 Å². The van der Waals surface area contributed by atoms with Gasteiger partial charge < -0.3 is 14.4 Å². The van der Waals surface area contributed by atoms with Gasteiger partial charge >= 0.3 is 5.97 Å². The van der Waals surface area contributed by atoms with Gasteiger partial charge in [-0.3, -0.25) is 0 Å². The predicted octanol–water partition coefficient (Wildman–Crippen LogP) is 6.99. The second kappa shape index (κ2) is 8.87. The summed E-state index contributed by atoms with van der Waals surface area (Å²) in [6.07, 6.45) is 0. The Bertz CT molecular complexity index is 1310. The van der Waals surface area contributed by atoms with Crippen molar-refractivity contribution in [2.75, 3.05) is 0 Å². The summed E-state index contributed by atoms with van der Waals surface area (Å²) in [4.78, 5) is 11.4. The smallest absolute Gasteiger partial charge is 0.335 e. The first-order valence-electron chi connectivity index (χ1n) is 11.3. The predicted molar refractivity (Wildman–Crippen MR) is 134 cm³/mol. The molecule has 0 aliphatic rings. The third-order valence-corrected chi connectivity index (χ3v) is 6.17. The molecule has 170 valence electrons. The van der Waals surface area contributed by atoms with E-state index in [0.29, 0.717) is 12.2 Å². The summed E-state index contributed by atoms with van der Waals surface area (Å²) in [6.45, 7) is 11.7. The molecule has 0 amide bonds. The van der Waals surface area contributed by atoms with Crippen LogP contribution in [-0.4, -0.2) is 21.2 Å². The van der Waals surface area contributed by atoms with Crippen molar-refractivity contribution in [1.29, 1.82) is 0 Å². The Morgan fingerprint density at radius 2 is 1.67 bits per heavy atom. The average molecular weight is 442 g/mol. The number of rotatable bonds is 6. The molecule has 33 heavy (non-hydrogen) atoms. The van der Waals surface area contributed by atoms with E-state index in [2.05, 4.69) is 87.7 Å². The zero-order valence-electron chi connectivity index (χ0n) is 20.0. The van der Waals surface area contributed by atoms with Crippen molar-refractivity contribution in [2.24, 2.45) is 0 Å². The van der Waals surface area contributed by atoms with Crippen LogP contribution in [0.1, 0.15) is 53.5 Å². The highest BCUT2D eigenvalue weighted by atomic mass is 16.5.